The van der Waals surface area contributed by atoms with Crippen LogP contribution in [0.25, 0.3) is 20.4 Å². The highest BCUT2D eigenvalue weighted by atomic mass is 32.2. The number of benzene rings is 1. The van der Waals surface area contributed by atoms with E-state index >= 15 is 0 Å². The zero-order valence-electron chi connectivity index (χ0n) is 17.5. The van der Waals surface area contributed by atoms with Crippen LogP contribution in [-0.4, -0.2) is 38.9 Å². The number of anilines is 1. The average Bonchev–Trinajstić information content (AvgIpc) is 3.44. The van der Waals surface area contributed by atoms with Gasteiger partial charge in [-0.15, -0.1) is 11.3 Å². The van der Waals surface area contributed by atoms with E-state index in [1.807, 2.05) is 43.3 Å². The quantitative estimate of drug-likeness (QED) is 0.338. The molecular weight excluding hydrogens is 444 g/mol. The molecule has 164 valence electrons. The van der Waals surface area contributed by atoms with Crippen molar-refractivity contribution in [2.24, 2.45) is 0 Å². The van der Waals surface area contributed by atoms with Crippen LogP contribution < -0.4 is 10.9 Å². The molecule has 4 aromatic rings. The van der Waals surface area contributed by atoms with Gasteiger partial charge in [0.05, 0.1) is 23.9 Å². The van der Waals surface area contributed by atoms with Crippen LogP contribution in [0.3, 0.4) is 0 Å². The molecule has 1 fully saturated rings. The lowest BCUT2D eigenvalue weighted by atomic mass is 10.2. The summed E-state index contributed by atoms with van der Waals surface area (Å²) < 4.78 is 8.03. The lowest BCUT2D eigenvalue weighted by molar-refractivity contribution is -0.113. The second kappa shape index (κ2) is 9.01. The summed E-state index contributed by atoms with van der Waals surface area (Å²) in [6.07, 6.45) is 3.60. The second-order valence-corrected chi connectivity index (χ2v) is 9.67. The SMILES string of the molecule is Cc1ccccc1NC(=O)CSc1nc2c(sc3ncccc32)c(=O)n1C[C@H]1CCCO1. The molecule has 0 saturated carbocycles. The Kier molecular flexibility index (Phi) is 5.95. The van der Waals surface area contributed by atoms with Gasteiger partial charge >= 0.3 is 0 Å². The van der Waals surface area contributed by atoms with Crippen LogP contribution in [0.15, 0.2) is 52.5 Å². The number of fused-ring (bicyclic) bond motifs is 3. The van der Waals surface area contributed by atoms with Gasteiger partial charge in [0.15, 0.2) is 5.16 Å². The third-order valence-electron chi connectivity index (χ3n) is 5.48. The van der Waals surface area contributed by atoms with Gasteiger partial charge in [0.1, 0.15) is 9.53 Å². The molecule has 0 bridgehead atoms. The normalized spacial score (nSPS) is 16.1. The third-order valence-corrected chi connectivity index (χ3v) is 7.55. The number of carbonyl (C=O) groups excluding carboxylic acids is 1. The van der Waals surface area contributed by atoms with Crippen LogP contribution in [0.5, 0.6) is 0 Å². The smallest absolute Gasteiger partial charge is 0.272 e. The van der Waals surface area contributed by atoms with E-state index < -0.39 is 0 Å². The van der Waals surface area contributed by atoms with Gasteiger partial charge in [-0.2, -0.15) is 0 Å². The van der Waals surface area contributed by atoms with E-state index in [1.54, 1.807) is 10.8 Å². The monoisotopic (exact) mass is 466 g/mol. The second-order valence-electron chi connectivity index (χ2n) is 7.73. The summed E-state index contributed by atoms with van der Waals surface area (Å²) >= 11 is 2.63. The topological polar surface area (TPSA) is 86.1 Å². The summed E-state index contributed by atoms with van der Waals surface area (Å²) in [4.78, 5) is 36.0. The number of nitrogens with one attached hydrogen (secondary N) is 1. The Labute approximate surface area is 192 Å². The van der Waals surface area contributed by atoms with E-state index in [0.29, 0.717) is 28.5 Å². The minimum absolute atomic E-state index is 0.0143. The highest BCUT2D eigenvalue weighted by molar-refractivity contribution is 7.99. The number of aryl methyl sites for hydroxylation is 1. The summed E-state index contributed by atoms with van der Waals surface area (Å²) in [7, 11) is 0. The standard InChI is InChI=1S/C23H22N4O3S2/c1-14-6-2-3-9-17(14)25-18(28)13-31-23-26-19-16-8-4-10-24-21(16)32-20(19)22(29)27(23)12-15-7-5-11-30-15/h2-4,6,8-10,15H,5,7,11-13H2,1H3,(H,25,28)/t15-/m1/s1. The average molecular weight is 467 g/mol. The summed E-state index contributed by atoms with van der Waals surface area (Å²) in [5.74, 6) is 0.0112. The van der Waals surface area contributed by atoms with E-state index in [1.165, 1.54) is 23.1 Å². The molecule has 5 rings (SSSR count). The Morgan fingerprint density at radius 3 is 3.00 bits per heavy atom. The van der Waals surface area contributed by atoms with Crippen LogP contribution in [-0.2, 0) is 16.1 Å². The number of thiophene rings is 1. The number of ether oxygens (including phenoxy) is 1. The number of hydrogen-bond acceptors (Lipinski definition) is 7. The van der Waals surface area contributed by atoms with Gasteiger partial charge in [0.2, 0.25) is 5.91 Å². The van der Waals surface area contributed by atoms with Gasteiger partial charge in [-0.3, -0.25) is 14.2 Å². The van der Waals surface area contributed by atoms with Crippen molar-refractivity contribution in [3.63, 3.8) is 0 Å². The van der Waals surface area contributed by atoms with Gasteiger partial charge in [-0.05, 0) is 43.5 Å². The molecule has 7 nitrogen and oxygen atoms in total. The molecule has 1 amide bonds. The Balaban J connectivity index is 1.48. The molecule has 1 saturated heterocycles. The predicted molar refractivity (Wildman–Crippen MR) is 129 cm³/mol. The number of hydrogen-bond donors (Lipinski definition) is 1. The van der Waals surface area contributed by atoms with Gasteiger partial charge in [0.25, 0.3) is 5.56 Å². The first-order valence-electron chi connectivity index (χ1n) is 10.5. The maximum atomic E-state index is 13.4. The van der Waals surface area contributed by atoms with Crippen molar-refractivity contribution in [1.29, 1.82) is 0 Å². The Hall–Kier alpha value is -2.75. The number of carbonyl (C=O) groups is 1. The van der Waals surface area contributed by atoms with Crippen molar-refractivity contribution >= 4 is 55.1 Å². The Morgan fingerprint density at radius 1 is 1.31 bits per heavy atom. The Bertz CT molecular complexity index is 1360. The highest BCUT2D eigenvalue weighted by Gasteiger charge is 2.22. The highest BCUT2D eigenvalue weighted by Crippen LogP contribution is 2.31. The zero-order valence-corrected chi connectivity index (χ0v) is 19.2. The van der Waals surface area contributed by atoms with Gasteiger partial charge in [-0.25, -0.2) is 9.97 Å². The number of amides is 1. The number of pyridine rings is 1. The zero-order chi connectivity index (χ0) is 22.1. The summed E-state index contributed by atoms with van der Waals surface area (Å²) in [5.41, 5.74) is 2.33. The number of nitrogens with zero attached hydrogens (tertiary/aromatic N) is 3. The molecule has 1 N–H and O–H groups in total. The van der Waals surface area contributed by atoms with E-state index in [2.05, 4.69) is 10.3 Å². The molecule has 1 aliphatic rings. The fraction of sp³-hybridized carbons (Fsp3) is 0.304. The van der Waals surface area contributed by atoms with Crippen LogP contribution in [0.1, 0.15) is 18.4 Å². The first-order chi connectivity index (χ1) is 15.6. The van der Waals surface area contributed by atoms with E-state index in [0.717, 1.165) is 34.3 Å². The van der Waals surface area contributed by atoms with Crippen LogP contribution in [0.4, 0.5) is 5.69 Å². The molecule has 1 aromatic carbocycles. The molecular formula is C23H22N4O3S2. The molecule has 4 heterocycles. The third kappa shape index (κ3) is 4.15. The largest absolute Gasteiger partial charge is 0.376 e. The number of para-hydroxylation sites is 1. The number of aromatic nitrogens is 3. The predicted octanol–water partition coefficient (Wildman–Crippen LogP) is 4.22. The van der Waals surface area contributed by atoms with Crippen LogP contribution >= 0.6 is 23.1 Å². The molecule has 3 aromatic heterocycles. The minimum atomic E-state index is -0.140. The molecule has 0 unspecified atom stereocenters. The van der Waals surface area contributed by atoms with Gasteiger partial charge < -0.3 is 10.1 Å². The van der Waals surface area contributed by atoms with E-state index in [4.69, 9.17) is 9.72 Å². The first-order valence-corrected chi connectivity index (χ1v) is 12.3. The van der Waals surface area contributed by atoms with E-state index in [9.17, 15) is 9.59 Å². The fourth-order valence-electron chi connectivity index (χ4n) is 3.83. The molecule has 1 atom stereocenters. The first kappa shape index (κ1) is 21.1. The fourth-order valence-corrected chi connectivity index (χ4v) is 5.67. The summed E-state index contributed by atoms with van der Waals surface area (Å²) in [6.45, 7) is 3.10. The van der Waals surface area contributed by atoms with Gasteiger partial charge in [0, 0.05) is 23.9 Å². The molecule has 9 heteroatoms. The molecule has 0 aliphatic carbocycles. The lowest BCUT2D eigenvalue weighted by Gasteiger charge is -2.15. The maximum absolute atomic E-state index is 13.4. The van der Waals surface area contributed by atoms with Crippen molar-refractivity contribution in [2.75, 3.05) is 17.7 Å². The number of rotatable bonds is 6. The molecule has 1 aliphatic heterocycles. The van der Waals surface area contributed by atoms with Crippen LogP contribution in [0.2, 0.25) is 0 Å². The summed E-state index contributed by atoms with van der Waals surface area (Å²) in [5, 5.41) is 4.33. The van der Waals surface area contributed by atoms with Crippen molar-refractivity contribution < 1.29 is 9.53 Å². The van der Waals surface area contributed by atoms with E-state index in [-0.39, 0.29) is 23.3 Å². The van der Waals surface area contributed by atoms with Gasteiger partial charge in [-0.1, -0.05) is 30.0 Å². The maximum Gasteiger partial charge on any atom is 0.272 e. The van der Waals surface area contributed by atoms with Crippen LogP contribution in [0, 0.1) is 6.92 Å². The van der Waals surface area contributed by atoms with Crippen molar-refractivity contribution in [1.82, 2.24) is 14.5 Å². The molecule has 0 spiro atoms. The van der Waals surface area contributed by atoms with Crippen molar-refractivity contribution in [2.45, 2.75) is 37.6 Å². The molecule has 0 radical (unpaired) electrons. The molecule has 32 heavy (non-hydrogen) atoms. The number of thioether (sulfide) groups is 1. The lowest BCUT2D eigenvalue weighted by Crippen LogP contribution is -2.28. The summed E-state index contributed by atoms with van der Waals surface area (Å²) in [6, 6.07) is 11.4. The Morgan fingerprint density at radius 2 is 2.19 bits per heavy atom. The minimum Gasteiger partial charge on any atom is -0.376 e. The van der Waals surface area contributed by atoms with Crippen molar-refractivity contribution in [3.05, 3.63) is 58.5 Å². The van der Waals surface area contributed by atoms with Crippen molar-refractivity contribution in [3.8, 4) is 0 Å².